The zero-order chi connectivity index (χ0) is 17.9. The van der Waals surface area contributed by atoms with Crippen LogP contribution in [0.3, 0.4) is 0 Å². The molecule has 6 heteroatoms. The summed E-state index contributed by atoms with van der Waals surface area (Å²) in [6, 6.07) is 14.4. The van der Waals surface area contributed by atoms with Gasteiger partial charge in [-0.3, -0.25) is 9.47 Å². The molecule has 3 aromatic rings. The van der Waals surface area contributed by atoms with Crippen LogP contribution in [-0.4, -0.2) is 32.3 Å². The van der Waals surface area contributed by atoms with Gasteiger partial charge in [-0.15, -0.1) is 5.10 Å². The lowest BCUT2D eigenvalue weighted by Gasteiger charge is -2.26. The van der Waals surface area contributed by atoms with Crippen molar-refractivity contribution in [2.45, 2.75) is 26.6 Å². The third kappa shape index (κ3) is 3.30. The molecule has 1 aliphatic heterocycles. The average molecular weight is 366 g/mol. The molecule has 0 fully saturated rings. The van der Waals surface area contributed by atoms with E-state index in [4.69, 9.17) is 21.7 Å². The van der Waals surface area contributed by atoms with Crippen molar-refractivity contribution in [2.75, 3.05) is 13.1 Å². The third-order valence-electron chi connectivity index (χ3n) is 4.75. The summed E-state index contributed by atoms with van der Waals surface area (Å²) in [6.07, 6.45) is 5.02. The molecule has 0 aliphatic carbocycles. The Morgan fingerprint density at radius 1 is 1.15 bits per heavy atom. The first-order chi connectivity index (χ1) is 12.8. The smallest absolute Gasteiger partial charge is 0.199 e. The van der Waals surface area contributed by atoms with Crippen LogP contribution < -0.4 is 0 Å². The van der Waals surface area contributed by atoms with Crippen molar-refractivity contribution < 1.29 is 4.42 Å². The molecule has 1 aliphatic rings. The van der Waals surface area contributed by atoms with Gasteiger partial charge < -0.3 is 4.42 Å². The van der Waals surface area contributed by atoms with Gasteiger partial charge >= 0.3 is 0 Å². The van der Waals surface area contributed by atoms with Gasteiger partial charge in [0.1, 0.15) is 0 Å². The Morgan fingerprint density at radius 3 is 2.65 bits per heavy atom. The molecule has 2 aromatic heterocycles. The number of hydrogen-bond acceptors (Lipinski definition) is 4. The van der Waals surface area contributed by atoms with Gasteiger partial charge in [-0.1, -0.05) is 36.4 Å². The van der Waals surface area contributed by atoms with E-state index in [-0.39, 0.29) is 0 Å². The van der Waals surface area contributed by atoms with Crippen molar-refractivity contribution >= 4 is 17.8 Å². The van der Waals surface area contributed by atoms with Gasteiger partial charge in [-0.05, 0) is 48.8 Å². The highest BCUT2D eigenvalue weighted by atomic mass is 32.1. The Hall–Kier alpha value is -2.44. The predicted octanol–water partition coefficient (Wildman–Crippen LogP) is 4.44. The number of nitrogens with zero attached hydrogens (tertiary/aromatic N) is 4. The van der Waals surface area contributed by atoms with Crippen LogP contribution in [-0.2, 0) is 13.2 Å². The molecule has 0 saturated carbocycles. The molecule has 5 nitrogen and oxygen atoms in total. The van der Waals surface area contributed by atoms with E-state index < -0.39 is 0 Å². The Morgan fingerprint density at radius 2 is 2.00 bits per heavy atom. The van der Waals surface area contributed by atoms with Crippen LogP contribution in [0.2, 0.25) is 0 Å². The number of benzene rings is 1. The van der Waals surface area contributed by atoms with Crippen molar-refractivity contribution in [2.24, 2.45) is 0 Å². The summed E-state index contributed by atoms with van der Waals surface area (Å²) in [5, 5.41) is 4.71. The molecule has 134 valence electrons. The summed E-state index contributed by atoms with van der Waals surface area (Å²) in [5.74, 6) is 1.54. The molecule has 0 radical (unpaired) electrons. The summed E-state index contributed by atoms with van der Waals surface area (Å²) in [5.41, 5.74) is 2.74. The quantitative estimate of drug-likeness (QED) is 0.626. The Kier molecular flexibility index (Phi) is 4.86. The van der Waals surface area contributed by atoms with E-state index in [2.05, 4.69) is 48.2 Å². The minimum absolute atomic E-state index is 0.693. The second-order valence-corrected chi connectivity index (χ2v) is 6.76. The van der Waals surface area contributed by atoms with Crippen LogP contribution in [0, 0.1) is 4.77 Å². The maximum Gasteiger partial charge on any atom is 0.199 e. The minimum atomic E-state index is 0.693. The average Bonchev–Trinajstić information content (AvgIpc) is 3.32. The van der Waals surface area contributed by atoms with Crippen molar-refractivity contribution in [3.8, 4) is 11.6 Å². The van der Waals surface area contributed by atoms with Gasteiger partial charge in [0.15, 0.2) is 16.4 Å². The van der Waals surface area contributed by atoms with E-state index in [9.17, 15) is 0 Å². The largest absolute Gasteiger partial charge is 0.461 e. The van der Waals surface area contributed by atoms with Crippen LogP contribution in [0.25, 0.3) is 17.2 Å². The number of aromatic nitrogens is 3. The van der Waals surface area contributed by atoms with Crippen molar-refractivity contribution in [1.82, 2.24) is 19.2 Å². The molecule has 0 bridgehead atoms. The maximum absolute atomic E-state index is 5.63. The third-order valence-corrected chi connectivity index (χ3v) is 5.18. The van der Waals surface area contributed by atoms with Gasteiger partial charge in [-0.2, -0.15) is 0 Å². The standard InChI is InChI=1S/C20H22N4OS/c1-2-23-19(18-9-6-14-25-18)21-24(20(23)26)15-22-12-10-17(11-13-22)16-7-4-3-5-8-16/h3-10,14H,2,11-13,15H2,1H3. The lowest BCUT2D eigenvalue weighted by Crippen LogP contribution is -2.31. The Balaban J connectivity index is 1.52. The molecule has 0 atom stereocenters. The molecular formula is C20H22N4OS. The molecule has 0 N–H and O–H groups in total. The Labute approximate surface area is 158 Å². The van der Waals surface area contributed by atoms with E-state index in [0.29, 0.717) is 6.67 Å². The monoisotopic (exact) mass is 366 g/mol. The maximum atomic E-state index is 5.63. The van der Waals surface area contributed by atoms with Crippen LogP contribution in [0.1, 0.15) is 18.9 Å². The van der Waals surface area contributed by atoms with Gasteiger partial charge in [-0.25, -0.2) is 4.68 Å². The van der Waals surface area contributed by atoms with Gasteiger partial charge in [0, 0.05) is 19.6 Å². The van der Waals surface area contributed by atoms with Crippen LogP contribution in [0.15, 0.2) is 59.2 Å². The fourth-order valence-corrected chi connectivity index (χ4v) is 3.66. The summed E-state index contributed by atoms with van der Waals surface area (Å²) in [7, 11) is 0. The SMILES string of the molecule is CCn1c(-c2ccco2)nn(CN2CC=C(c3ccccc3)CC2)c1=S. The first kappa shape index (κ1) is 17.0. The van der Waals surface area contributed by atoms with Crippen molar-refractivity contribution in [3.63, 3.8) is 0 Å². The molecular weight excluding hydrogens is 344 g/mol. The second kappa shape index (κ2) is 7.43. The normalized spacial score (nSPS) is 15.2. The number of rotatable bonds is 5. The van der Waals surface area contributed by atoms with Crippen molar-refractivity contribution in [3.05, 3.63) is 65.1 Å². The van der Waals surface area contributed by atoms with E-state index >= 15 is 0 Å². The zero-order valence-corrected chi connectivity index (χ0v) is 15.7. The summed E-state index contributed by atoms with van der Waals surface area (Å²) < 4.78 is 10.2. The van der Waals surface area contributed by atoms with Crippen LogP contribution >= 0.6 is 12.2 Å². The molecule has 1 aromatic carbocycles. The highest BCUT2D eigenvalue weighted by molar-refractivity contribution is 7.71. The van der Waals surface area contributed by atoms with Crippen LogP contribution in [0.4, 0.5) is 0 Å². The summed E-state index contributed by atoms with van der Waals surface area (Å²) in [4.78, 5) is 2.36. The molecule has 4 rings (SSSR count). The van der Waals surface area contributed by atoms with E-state index in [1.165, 1.54) is 11.1 Å². The molecule has 0 saturated heterocycles. The van der Waals surface area contributed by atoms with E-state index in [0.717, 1.165) is 42.4 Å². The van der Waals surface area contributed by atoms with Gasteiger partial charge in [0.25, 0.3) is 0 Å². The number of furan rings is 1. The Bertz CT molecular complexity index is 954. The lowest BCUT2D eigenvalue weighted by atomic mass is 10.00. The molecule has 3 heterocycles. The fraction of sp³-hybridized carbons (Fsp3) is 0.300. The lowest BCUT2D eigenvalue weighted by molar-refractivity contribution is 0.226. The van der Waals surface area contributed by atoms with Crippen molar-refractivity contribution in [1.29, 1.82) is 0 Å². The first-order valence-electron chi connectivity index (χ1n) is 8.94. The van der Waals surface area contributed by atoms with E-state index in [1.54, 1.807) is 6.26 Å². The predicted molar refractivity (Wildman–Crippen MR) is 105 cm³/mol. The highest BCUT2D eigenvalue weighted by Gasteiger charge is 2.17. The molecule has 26 heavy (non-hydrogen) atoms. The molecule has 0 unspecified atom stereocenters. The van der Waals surface area contributed by atoms with Gasteiger partial charge in [0.2, 0.25) is 0 Å². The summed E-state index contributed by atoms with van der Waals surface area (Å²) in [6.45, 7) is 5.44. The fourth-order valence-electron chi connectivity index (χ4n) is 3.35. The molecule has 0 spiro atoms. The van der Waals surface area contributed by atoms with Crippen LogP contribution in [0.5, 0.6) is 0 Å². The number of hydrogen-bond donors (Lipinski definition) is 0. The molecule has 0 amide bonds. The highest BCUT2D eigenvalue weighted by Crippen LogP contribution is 2.23. The van der Waals surface area contributed by atoms with Gasteiger partial charge in [0.05, 0.1) is 12.9 Å². The van der Waals surface area contributed by atoms with E-state index in [1.807, 2.05) is 21.4 Å². The summed E-state index contributed by atoms with van der Waals surface area (Å²) >= 11 is 5.63. The minimum Gasteiger partial charge on any atom is -0.461 e. The second-order valence-electron chi connectivity index (χ2n) is 6.39. The first-order valence-corrected chi connectivity index (χ1v) is 9.35. The zero-order valence-electron chi connectivity index (χ0n) is 14.8. The topological polar surface area (TPSA) is 39.1 Å².